The van der Waals surface area contributed by atoms with Crippen LogP contribution in [0.2, 0.25) is 0 Å². The van der Waals surface area contributed by atoms with E-state index in [-0.39, 0.29) is 0 Å². The van der Waals surface area contributed by atoms with Crippen LogP contribution < -0.4 is 10.6 Å². The Balaban J connectivity index is 1.68. The van der Waals surface area contributed by atoms with E-state index in [0.29, 0.717) is 17.6 Å². The van der Waals surface area contributed by atoms with Crippen LogP contribution in [0.3, 0.4) is 0 Å². The van der Waals surface area contributed by atoms with Gasteiger partial charge in [0.05, 0.1) is 6.10 Å². The summed E-state index contributed by atoms with van der Waals surface area (Å²) in [6.45, 7) is 5.88. The first-order valence-corrected chi connectivity index (χ1v) is 6.25. The average Bonchev–Trinajstić information content (AvgIpc) is 2.65. The Hall–Kier alpha value is -0.120. The summed E-state index contributed by atoms with van der Waals surface area (Å²) in [4.78, 5) is 0. The van der Waals surface area contributed by atoms with Crippen LogP contribution in [-0.2, 0) is 4.74 Å². The lowest BCUT2D eigenvalue weighted by molar-refractivity contribution is 0.0144. The van der Waals surface area contributed by atoms with Gasteiger partial charge in [0, 0.05) is 26.2 Å². The minimum absolute atomic E-state index is 0.516. The van der Waals surface area contributed by atoms with Crippen molar-refractivity contribution in [2.45, 2.75) is 44.8 Å². The van der Waals surface area contributed by atoms with E-state index < -0.39 is 0 Å². The molecule has 2 rings (SSSR count). The molecule has 3 nitrogen and oxygen atoms in total. The van der Waals surface area contributed by atoms with Crippen molar-refractivity contribution in [1.29, 1.82) is 0 Å². The lowest BCUT2D eigenvalue weighted by Gasteiger charge is -2.38. The van der Waals surface area contributed by atoms with Crippen LogP contribution in [0.5, 0.6) is 0 Å². The molecule has 0 amide bonds. The molecular formula is C12H24N2O. The Kier molecular flexibility index (Phi) is 3.65. The van der Waals surface area contributed by atoms with Crippen LogP contribution in [0.15, 0.2) is 0 Å². The highest BCUT2D eigenvalue weighted by Gasteiger charge is 2.35. The maximum absolute atomic E-state index is 5.29. The van der Waals surface area contributed by atoms with Crippen molar-refractivity contribution in [1.82, 2.24) is 10.6 Å². The van der Waals surface area contributed by atoms with Crippen molar-refractivity contribution in [2.75, 3.05) is 26.7 Å². The minimum Gasteiger partial charge on any atom is -0.381 e. The average molecular weight is 212 g/mol. The van der Waals surface area contributed by atoms with E-state index in [0.717, 1.165) is 0 Å². The van der Waals surface area contributed by atoms with Gasteiger partial charge >= 0.3 is 0 Å². The Labute approximate surface area is 93.0 Å². The van der Waals surface area contributed by atoms with Gasteiger partial charge in [0.2, 0.25) is 0 Å². The zero-order chi connectivity index (χ0) is 10.7. The monoisotopic (exact) mass is 212 g/mol. The molecule has 1 atom stereocenters. The molecule has 0 spiro atoms. The van der Waals surface area contributed by atoms with Gasteiger partial charge in [-0.15, -0.1) is 0 Å². The van der Waals surface area contributed by atoms with E-state index in [1.807, 2.05) is 7.11 Å². The zero-order valence-electron chi connectivity index (χ0n) is 10.0. The van der Waals surface area contributed by atoms with Crippen molar-refractivity contribution in [3.63, 3.8) is 0 Å². The van der Waals surface area contributed by atoms with Crippen LogP contribution >= 0.6 is 0 Å². The Morgan fingerprint density at radius 2 is 2.27 bits per heavy atom. The number of methoxy groups -OCH3 is 1. The summed E-state index contributed by atoms with van der Waals surface area (Å²) in [6.07, 6.45) is 5.53. The molecule has 0 aromatic heterocycles. The molecule has 1 aliphatic carbocycles. The molecule has 1 saturated heterocycles. The molecule has 1 heterocycles. The highest BCUT2D eigenvalue weighted by Crippen LogP contribution is 2.30. The van der Waals surface area contributed by atoms with E-state index in [1.54, 1.807) is 0 Å². The number of hydrogen-bond acceptors (Lipinski definition) is 3. The van der Waals surface area contributed by atoms with Gasteiger partial charge in [0.25, 0.3) is 0 Å². The predicted octanol–water partition coefficient (Wildman–Crippen LogP) is 1.14. The molecular weight excluding hydrogens is 188 g/mol. The summed E-state index contributed by atoms with van der Waals surface area (Å²) >= 11 is 0. The first kappa shape index (κ1) is 11.4. The number of ether oxygens (including phenoxy) is 1. The molecule has 2 aliphatic rings. The molecule has 1 saturated carbocycles. The molecule has 0 aromatic carbocycles. The third-order valence-electron chi connectivity index (χ3n) is 4.28. The van der Waals surface area contributed by atoms with E-state index in [4.69, 9.17) is 4.74 Å². The van der Waals surface area contributed by atoms with Crippen LogP contribution in [0.1, 0.15) is 32.6 Å². The molecule has 1 aliphatic heterocycles. The minimum atomic E-state index is 0.516. The quantitative estimate of drug-likeness (QED) is 0.717. The second-order valence-electron chi connectivity index (χ2n) is 5.19. The molecule has 1 unspecified atom stereocenters. The summed E-state index contributed by atoms with van der Waals surface area (Å²) in [5.41, 5.74) is 0.526. The molecule has 0 radical (unpaired) electrons. The lowest BCUT2D eigenvalue weighted by Crippen LogP contribution is -2.49. The van der Waals surface area contributed by atoms with E-state index in [9.17, 15) is 0 Å². The first-order valence-electron chi connectivity index (χ1n) is 6.25. The van der Waals surface area contributed by atoms with Gasteiger partial charge in [-0.25, -0.2) is 0 Å². The molecule has 2 fully saturated rings. The highest BCUT2D eigenvalue weighted by atomic mass is 16.5. The van der Waals surface area contributed by atoms with Gasteiger partial charge < -0.3 is 15.4 Å². The fourth-order valence-electron chi connectivity index (χ4n) is 2.66. The molecule has 0 aromatic rings. The van der Waals surface area contributed by atoms with Gasteiger partial charge in [0.15, 0.2) is 0 Å². The normalized spacial score (nSPS) is 40.4. The van der Waals surface area contributed by atoms with Gasteiger partial charge in [0.1, 0.15) is 0 Å². The maximum atomic E-state index is 5.29. The summed E-state index contributed by atoms with van der Waals surface area (Å²) in [6, 6.07) is 0.707. The third-order valence-corrected chi connectivity index (χ3v) is 4.28. The van der Waals surface area contributed by atoms with Gasteiger partial charge in [-0.05, 0) is 37.6 Å². The number of nitrogens with one attached hydrogen (secondary N) is 2. The summed E-state index contributed by atoms with van der Waals surface area (Å²) in [7, 11) is 1.81. The van der Waals surface area contributed by atoms with Crippen molar-refractivity contribution >= 4 is 0 Å². The van der Waals surface area contributed by atoms with E-state index in [1.165, 1.54) is 45.3 Å². The van der Waals surface area contributed by atoms with Gasteiger partial charge in [-0.2, -0.15) is 0 Å². The van der Waals surface area contributed by atoms with Gasteiger partial charge in [-0.3, -0.25) is 0 Å². The van der Waals surface area contributed by atoms with Crippen LogP contribution in [-0.4, -0.2) is 38.9 Å². The predicted molar refractivity (Wildman–Crippen MR) is 62.0 cm³/mol. The molecule has 0 bridgehead atoms. The molecule has 15 heavy (non-hydrogen) atoms. The SMILES string of the molecule is CCC1(CNC2CC(OC)C2)CCNC1. The smallest absolute Gasteiger partial charge is 0.0601 e. The van der Waals surface area contributed by atoms with Crippen LogP contribution in [0, 0.1) is 5.41 Å². The second-order valence-corrected chi connectivity index (χ2v) is 5.19. The highest BCUT2D eigenvalue weighted by molar-refractivity contribution is 4.92. The largest absolute Gasteiger partial charge is 0.381 e. The maximum Gasteiger partial charge on any atom is 0.0601 e. The fourth-order valence-corrected chi connectivity index (χ4v) is 2.66. The molecule has 2 N–H and O–H groups in total. The van der Waals surface area contributed by atoms with Crippen LogP contribution in [0.25, 0.3) is 0 Å². The third kappa shape index (κ3) is 2.52. The topological polar surface area (TPSA) is 33.3 Å². The van der Waals surface area contributed by atoms with E-state index in [2.05, 4.69) is 17.6 Å². The van der Waals surface area contributed by atoms with Crippen molar-refractivity contribution < 1.29 is 4.74 Å². The molecule has 3 heteroatoms. The van der Waals surface area contributed by atoms with Crippen molar-refractivity contribution in [3.8, 4) is 0 Å². The van der Waals surface area contributed by atoms with Crippen LogP contribution in [0.4, 0.5) is 0 Å². The number of hydrogen-bond donors (Lipinski definition) is 2. The lowest BCUT2D eigenvalue weighted by atomic mass is 9.82. The standard InChI is InChI=1S/C12H24N2O/c1-3-12(4-5-13-8-12)9-14-10-6-11(7-10)15-2/h10-11,13-14H,3-9H2,1-2H3. The number of rotatable bonds is 5. The first-order chi connectivity index (χ1) is 7.28. The van der Waals surface area contributed by atoms with E-state index >= 15 is 0 Å². The second kappa shape index (κ2) is 4.81. The van der Waals surface area contributed by atoms with Gasteiger partial charge in [-0.1, -0.05) is 6.92 Å². The fraction of sp³-hybridized carbons (Fsp3) is 1.00. The van der Waals surface area contributed by atoms with Crippen molar-refractivity contribution in [2.24, 2.45) is 5.41 Å². The summed E-state index contributed by atoms with van der Waals surface area (Å²) in [5, 5.41) is 7.18. The molecule has 88 valence electrons. The summed E-state index contributed by atoms with van der Waals surface area (Å²) in [5.74, 6) is 0. The zero-order valence-corrected chi connectivity index (χ0v) is 10.0. The Morgan fingerprint density at radius 3 is 2.80 bits per heavy atom. The Morgan fingerprint density at radius 1 is 1.47 bits per heavy atom. The summed E-state index contributed by atoms with van der Waals surface area (Å²) < 4.78 is 5.29. The van der Waals surface area contributed by atoms with Crippen molar-refractivity contribution in [3.05, 3.63) is 0 Å². The Bertz CT molecular complexity index is 196.